The maximum absolute atomic E-state index is 13.3. The number of amides is 1. The Morgan fingerprint density at radius 1 is 0.865 bits per heavy atom. The van der Waals surface area contributed by atoms with Crippen LogP contribution in [0.4, 0.5) is 5.82 Å². The van der Waals surface area contributed by atoms with E-state index < -0.39 is 0 Å². The molecule has 0 N–H and O–H groups in total. The number of carbonyl (C=O) groups is 1. The molecule has 0 spiro atoms. The second-order valence-electron chi connectivity index (χ2n) is 10.2. The normalized spacial score (nSPS) is 17.4. The van der Waals surface area contributed by atoms with Gasteiger partial charge in [-0.1, -0.05) is 54.1 Å². The van der Waals surface area contributed by atoms with Gasteiger partial charge in [-0.15, -0.1) is 15.3 Å². The van der Waals surface area contributed by atoms with Gasteiger partial charge in [0.05, 0.1) is 0 Å². The van der Waals surface area contributed by atoms with Gasteiger partial charge in [0.15, 0.2) is 11.5 Å². The van der Waals surface area contributed by atoms with E-state index in [0.717, 1.165) is 81.5 Å². The van der Waals surface area contributed by atoms with Crippen LogP contribution in [0.1, 0.15) is 24.0 Å². The molecule has 0 atom stereocenters. The lowest BCUT2D eigenvalue weighted by molar-refractivity contribution is -0.138. The first-order valence-corrected chi connectivity index (χ1v) is 13.2. The molecule has 0 unspecified atom stereocenters. The number of anilines is 1. The van der Waals surface area contributed by atoms with Crippen molar-refractivity contribution < 1.29 is 4.79 Å². The van der Waals surface area contributed by atoms with E-state index in [0.29, 0.717) is 5.91 Å². The van der Waals surface area contributed by atoms with E-state index in [1.165, 1.54) is 11.1 Å². The van der Waals surface area contributed by atoms with Crippen LogP contribution < -0.4 is 4.90 Å². The molecule has 6 rings (SSSR count). The highest BCUT2D eigenvalue weighted by Gasteiger charge is 2.31. The lowest BCUT2D eigenvalue weighted by Gasteiger charge is -2.38. The summed E-state index contributed by atoms with van der Waals surface area (Å²) in [5.41, 5.74) is 4.25. The van der Waals surface area contributed by atoms with E-state index in [-0.39, 0.29) is 5.92 Å². The third kappa shape index (κ3) is 5.06. The number of fused-ring (bicyclic) bond motifs is 1. The molecular formula is C29H33N7O. The molecule has 2 fully saturated rings. The predicted octanol–water partition coefficient (Wildman–Crippen LogP) is 3.66. The topological polar surface area (TPSA) is 69.9 Å². The Morgan fingerprint density at radius 3 is 2.41 bits per heavy atom. The zero-order valence-corrected chi connectivity index (χ0v) is 21.3. The van der Waals surface area contributed by atoms with Gasteiger partial charge in [0.2, 0.25) is 5.91 Å². The van der Waals surface area contributed by atoms with Crippen molar-refractivity contribution in [2.45, 2.75) is 26.3 Å². The van der Waals surface area contributed by atoms with Gasteiger partial charge in [-0.2, -0.15) is 4.52 Å². The zero-order valence-electron chi connectivity index (χ0n) is 21.3. The number of aromatic nitrogens is 4. The van der Waals surface area contributed by atoms with Crippen molar-refractivity contribution in [3.63, 3.8) is 0 Å². The Labute approximate surface area is 217 Å². The molecule has 2 aliphatic rings. The zero-order chi connectivity index (χ0) is 25.2. The van der Waals surface area contributed by atoms with Crippen molar-refractivity contribution in [3.8, 4) is 11.4 Å². The van der Waals surface area contributed by atoms with E-state index in [4.69, 9.17) is 5.10 Å². The maximum atomic E-state index is 13.3. The molecule has 8 heteroatoms. The lowest BCUT2D eigenvalue weighted by Crippen LogP contribution is -2.51. The number of carbonyl (C=O) groups excluding carboxylic acids is 1. The fourth-order valence-electron chi connectivity index (χ4n) is 5.49. The summed E-state index contributed by atoms with van der Waals surface area (Å²) in [6.45, 7) is 8.18. The minimum atomic E-state index is 0.0958. The number of piperazine rings is 1. The van der Waals surface area contributed by atoms with E-state index in [2.05, 4.69) is 74.3 Å². The molecule has 1 amide bonds. The van der Waals surface area contributed by atoms with Crippen LogP contribution in [-0.4, -0.2) is 74.8 Å². The number of rotatable bonds is 5. The van der Waals surface area contributed by atoms with E-state index in [1.54, 1.807) is 0 Å². The van der Waals surface area contributed by atoms with E-state index in [9.17, 15) is 4.79 Å². The molecule has 4 heterocycles. The number of aryl methyl sites for hydroxylation is 1. The Hall–Kier alpha value is -3.78. The molecule has 0 aliphatic carbocycles. The lowest BCUT2D eigenvalue weighted by atomic mass is 9.95. The average Bonchev–Trinajstić information content (AvgIpc) is 3.37. The molecular weight excluding hydrogens is 462 g/mol. The van der Waals surface area contributed by atoms with Crippen LogP contribution in [0.3, 0.4) is 0 Å². The van der Waals surface area contributed by atoms with Crippen molar-refractivity contribution in [1.82, 2.24) is 29.6 Å². The van der Waals surface area contributed by atoms with Crippen molar-refractivity contribution in [2.75, 3.05) is 44.2 Å². The minimum Gasteiger partial charge on any atom is -0.355 e. The molecule has 37 heavy (non-hydrogen) atoms. The van der Waals surface area contributed by atoms with Gasteiger partial charge >= 0.3 is 0 Å². The van der Waals surface area contributed by atoms with Gasteiger partial charge in [-0.3, -0.25) is 9.69 Å². The molecule has 4 aromatic rings. The molecule has 8 nitrogen and oxygen atoms in total. The van der Waals surface area contributed by atoms with Crippen LogP contribution in [-0.2, 0) is 11.3 Å². The highest BCUT2D eigenvalue weighted by Crippen LogP contribution is 2.26. The third-order valence-electron chi connectivity index (χ3n) is 7.63. The summed E-state index contributed by atoms with van der Waals surface area (Å²) in [5, 5.41) is 13.6. The van der Waals surface area contributed by atoms with E-state index >= 15 is 0 Å². The van der Waals surface area contributed by atoms with Gasteiger partial charge < -0.3 is 9.80 Å². The van der Waals surface area contributed by atoms with Gasteiger partial charge in [0.1, 0.15) is 5.82 Å². The number of nitrogens with zero attached hydrogens (tertiary/aromatic N) is 7. The number of benzene rings is 2. The van der Waals surface area contributed by atoms with Gasteiger partial charge in [0, 0.05) is 57.3 Å². The molecule has 190 valence electrons. The monoisotopic (exact) mass is 495 g/mol. The average molecular weight is 496 g/mol. The molecule has 2 aliphatic heterocycles. The number of hydrogen-bond donors (Lipinski definition) is 0. The second-order valence-corrected chi connectivity index (χ2v) is 10.2. The molecule has 2 aromatic heterocycles. The smallest absolute Gasteiger partial charge is 0.225 e. The van der Waals surface area contributed by atoms with Gasteiger partial charge in [-0.05, 0) is 43.5 Å². The van der Waals surface area contributed by atoms with Gasteiger partial charge in [-0.25, -0.2) is 0 Å². The fourth-order valence-corrected chi connectivity index (χ4v) is 5.49. The molecule has 2 aromatic carbocycles. The van der Waals surface area contributed by atoms with Crippen molar-refractivity contribution >= 4 is 17.4 Å². The highest BCUT2D eigenvalue weighted by atomic mass is 16.2. The van der Waals surface area contributed by atoms with Crippen LogP contribution in [0.25, 0.3) is 17.0 Å². The molecule has 0 saturated carbocycles. The maximum Gasteiger partial charge on any atom is 0.225 e. The fraction of sp³-hybridized carbons (Fsp3) is 0.379. The number of hydrogen-bond acceptors (Lipinski definition) is 6. The van der Waals surface area contributed by atoms with Crippen LogP contribution >= 0.6 is 0 Å². The summed E-state index contributed by atoms with van der Waals surface area (Å²) in [5.74, 6) is 2.07. The SMILES string of the molecule is Cc1cccc(-c2nnc3ccc(N4CCC(C(=O)N5CCN(Cc6ccccc6)CC5)CC4)nn23)c1. The van der Waals surface area contributed by atoms with Crippen LogP contribution in [0.5, 0.6) is 0 Å². The predicted molar refractivity (Wildman–Crippen MR) is 144 cm³/mol. The Balaban J connectivity index is 1.06. The summed E-state index contributed by atoms with van der Waals surface area (Å²) < 4.78 is 1.83. The third-order valence-corrected chi connectivity index (χ3v) is 7.63. The first-order valence-electron chi connectivity index (χ1n) is 13.2. The summed E-state index contributed by atoms with van der Waals surface area (Å²) >= 11 is 0. The molecule has 0 bridgehead atoms. The van der Waals surface area contributed by atoms with Crippen LogP contribution in [0.2, 0.25) is 0 Å². The highest BCUT2D eigenvalue weighted by molar-refractivity contribution is 5.79. The number of piperidine rings is 1. The summed E-state index contributed by atoms with van der Waals surface area (Å²) in [4.78, 5) is 20.1. The van der Waals surface area contributed by atoms with Crippen molar-refractivity contribution in [2.24, 2.45) is 5.92 Å². The Morgan fingerprint density at radius 2 is 1.65 bits per heavy atom. The van der Waals surface area contributed by atoms with Crippen LogP contribution in [0.15, 0.2) is 66.7 Å². The summed E-state index contributed by atoms with van der Waals surface area (Å²) in [6.07, 6.45) is 1.71. The Kier molecular flexibility index (Phi) is 6.57. The second kappa shape index (κ2) is 10.3. The summed E-state index contributed by atoms with van der Waals surface area (Å²) in [7, 11) is 0. The van der Waals surface area contributed by atoms with Crippen molar-refractivity contribution in [3.05, 3.63) is 77.9 Å². The summed E-state index contributed by atoms with van der Waals surface area (Å²) in [6, 6.07) is 22.8. The van der Waals surface area contributed by atoms with Crippen molar-refractivity contribution in [1.29, 1.82) is 0 Å². The Bertz CT molecular complexity index is 1370. The van der Waals surface area contributed by atoms with Gasteiger partial charge in [0.25, 0.3) is 0 Å². The van der Waals surface area contributed by atoms with Crippen LogP contribution in [0, 0.1) is 12.8 Å². The first-order chi connectivity index (χ1) is 18.1. The standard InChI is InChI=1S/C29H33N7O/c1-22-6-5-9-25(20-22)28-31-30-26-10-11-27(32-36(26)28)34-14-12-24(13-15-34)29(37)35-18-16-33(17-19-35)21-23-7-3-2-4-8-23/h2-11,20,24H,12-19,21H2,1H3. The largest absolute Gasteiger partial charge is 0.355 e. The quantitative estimate of drug-likeness (QED) is 0.421. The minimum absolute atomic E-state index is 0.0958. The molecule has 2 saturated heterocycles. The van der Waals surface area contributed by atoms with E-state index in [1.807, 2.05) is 28.8 Å². The molecule has 0 radical (unpaired) electrons. The first kappa shape index (κ1) is 23.6.